The maximum absolute atomic E-state index is 13.3. The van der Waals surface area contributed by atoms with Crippen molar-refractivity contribution in [2.45, 2.75) is 45.2 Å². The predicted molar refractivity (Wildman–Crippen MR) is 119 cm³/mol. The molecule has 1 saturated carbocycles. The predicted octanol–water partition coefficient (Wildman–Crippen LogP) is 2.87. The maximum atomic E-state index is 13.3. The highest BCUT2D eigenvalue weighted by molar-refractivity contribution is 7.09. The normalized spacial score (nSPS) is 16.0. The molecule has 0 bridgehead atoms. The van der Waals surface area contributed by atoms with E-state index in [4.69, 9.17) is 4.74 Å². The van der Waals surface area contributed by atoms with Crippen molar-refractivity contribution in [1.82, 2.24) is 10.2 Å². The third-order valence-electron chi connectivity index (χ3n) is 5.69. The molecule has 1 aliphatic heterocycles. The van der Waals surface area contributed by atoms with Gasteiger partial charge in [-0.15, -0.1) is 11.3 Å². The molecule has 2 aliphatic rings. The Labute approximate surface area is 186 Å². The maximum Gasteiger partial charge on any atom is 0.265 e. The van der Waals surface area contributed by atoms with Crippen LogP contribution in [0.5, 0.6) is 5.75 Å². The van der Waals surface area contributed by atoms with E-state index in [1.54, 1.807) is 0 Å². The van der Waals surface area contributed by atoms with Crippen LogP contribution in [0.2, 0.25) is 0 Å². The minimum atomic E-state index is -0.266. The van der Waals surface area contributed by atoms with E-state index in [0.29, 0.717) is 18.0 Å². The number of fused-ring (bicyclic) bond motifs is 1. The van der Waals surface area contributed by atoms with Crippen molar-refractivity contribution < 1.29 is 19.1 Å². The van der Waals surface area contributed by atoms with Crippen molar-refractivity contribution >= 4 is 34.7 Å². The fourth-order valence-electron chi connectivity index (χ4n) is 4.06. The molecule has 4 rings (SSSR count). The van der Waals surface area contributed by atoms with Crippen LogP contribution in [0.25, 0.3) is 0 Å². The number of aryl methyl sites for hydroxylation is 1. The van der Waals surface area contributed by atoms with Gasteiger partial charge in [-0.05, 0) is 48.9 Å². The molecule has 164 valence electrons. The van der Waals surface area contributed by atoms with Crippen molar-refractivity contribution in [3.05, 3.63) is 46.2 Å². The van der Waals surface area contributed by atoms with Gasteiger partial charge < -0.3 is 15.0 Å². The largest absolute Gasteiger partial charge is 0.482 e. The standard InChI is InChI=1S/C23H27N3O4S/c1-16-8-9-20-19(11-16)26(23(29)15-30-20)14-22(28)25(12-18-7-4-10-31-18)13-21(27)24-17-5-2-3-6-17/h4,7-11,17H,2-3,5-6,12-15H2,1H3,(H,24,27). The van der Waals surface area contributed by atoms with E-state index < -0.39 is 0 Å². The zero-order valence-corrected chi connectivity index (χ0v) is 18.5. The van der Waals surface area contributed by atoms with Gasteiger partial charge >= 0.3 is 0 Å². The van der Waals surface area contributed by atoms with Crippen LogP contribution in [0.3, 0.4) is 0 Å². The summed E-state index contributed by atoms with van der Waals surface area (Å²) < 4.78 is 5.51. The summed E-state index contributed by atoms with van der Waals surface area (Å²) in [6, 6.07) is 9.63. The van der Waals surface area contributed by atoms with E-state index in [9.17, 15) is 14.4 Å². The monoisotopic (exact) mass is 441 g/mol. The first-order valence-corrected chi connectivity index (χ1v) is 11.5. The van der Waals surface area contributed by atoms with Crippen LogP contribution >= 0.6 is 11.3 Å². The van der Waals surface area contributed by atoms with Gasteiger partial charge in [-0.3, -0.25) is 19.3 Å². The first kappa shape index (κ1) is 21.4. The summed E-state index contributed by atoms with van der Waals surface area (Å²) in [5.41, 5.74) is 1.57. The average Bonchev–Trinajstić information content (AvgIpc) is 3.44. The number of rotatable bonds is 7. The molecular weight excluding hydrogens is 414 g/mol. The molecule has 0 spiro atoms. The van der Waals surface area contributed by atoms with Gasteiger partial charge in [0.2, 0.25) is 11.8 Å². The number of hydrogen-bond donors (Lipinski definition) is 1. The lowest BCUT2D eigenvalue weighted by Gasteiger charge is -2.31. The Hall–Kier alpha value is -2.87. The Bertz CT molecular complexity index is 954. The lowest BCUT2D eigenvalue weighted by Crippen LogP contribution is -2.49. The van der Waals surface area contributed by atoms with Gasteiger partial charge in [-0.1, -0.05) is 25.0 Å². The number of anilines is 1. The van der Waals surface area contributed by atoms with Crippen LogP contribution in [0.1, 0.15) is 36.1 Å². The fraction of sp³-hybridized carbons (Fsp3) is 0.435. The lowest BCUT2D eigenvalue weighted by atomic mass is 10.1. The van der Waals surface area contributed by atoms with Crippen molar-refractivity contribution in [3.63, 3.8) is 0 Å². The molecule has 1 aliphatic carbocycles. The average molecular weight is 442 g/mol. The number of benzene rings is 1. The number of hydrogen-bond acceptors (Lipinski definition) is 5. The number of thiophene rings is 1. The van der Waals surface area contributed by atoms with E-state index in [1.807, 2.05) is 42.6 Å². The second kappa shape index (κ2) is 9.51. The number of amides is 3. The van der Waals surface area contributed by atoms with E-state index in [1.165, 1.54) is 21.1 Å². The number of nitrogens with zero attached hydrogens (tertiary/aromatic N) is 2. The van der Waals surface area contributed by atoms with Crippen LogP contribution in [-0.4, -0.2) is 48.4 Å². The summed E-state index contributed by atoms with van der Waals surface area (Å²) >= 11 is 1.54. The van der Waals surface area contributed by atoms with Gasteiger partial charge in [0.05, 0.1) is 18.8 Å². The molecule has 1 aromatic carbocycles. The van der Waals surface area contributed by atoms with Crippen LogP contribution < -0.4 is 15.0 Å². The van der Waals surface area contributed by atoms with E-state index in [0.717, 1.165) is 36.1 Å². The van der Waals surface area contributed by atoms with Gasteiger partial charge in [0.25, 0.3) is 5.91 Å². The quantitative estimate of drug-likeness (QED) is 0.717. The molecule has 7 nitrogen and oxygen atoms in total. The first-order valence-electron chi connectivity index (χ1n) is 10.6. The van der Waals surface area contributed by atoms with Crippen LogP contribution in [0.4, 0.5) is 5.69 Å². The summed E-state index contributed by atoms with van der Waals surface area (Å²) in [7, 11) is 0. The molecule has 0 radical (unpaired) electrons. The van der Waals surface area contributed by atoms with Gasteiger partial charge in [-0.25, -0.2) is 0 Å². The van der Waals surface area contributed by atoms with Crippen molar-refractivity contribution in [2.24, 2.45) is 0 Å². The Kier molecular flexibility index (Phi) is 6.56. The van der Waals surface area contributed by atoms with Gasteiger partial charge in [0.15, 0.2) is 6.61 Å². The third-order valence-corrected chi connectivity index (χ3v) is 6.55. The molecule has 8 heteroatoms. The molecule has 3 amide bonds. The lowest BCUT2D eigenvalue weighted by molar-refractivity contribution is -0.136. The highest BCUT2D eigenvalue weighted by Crippen LogP contribution is 2.32. The molecule has 2 heterocycles. The second-order valence-corrected chi connectivity index (χ2v) is 9.15. The summed E-state index contributed by atoms with van der Waals surface area (Å²) in [5, 5.41) is 4.99. The van der Waals surface area contributed by atoms with Gasteiger partial charge in [0, 0.05) is 10.9 Å². The second-order valence-electron chi connectivity index (χ2n) is 8.12. The van der Waals surface area contributed by atoms with Gasteiger partial charge in [0.1, 0.15) is 12.3 Å². The van der Waals surface area contributed by atoms with Crippen LogP contribution in [-0.2, 0) is 20.9 Å². The van der Waals surface area contributed by atoms with E-state index >= 15 is 0 Å². The van der Waals surface area contributed by atoms with Crippen molar-refractivity contribution in [2.75, 3.05) is 24.6 Å². The Balaban J connectivity index is 1.49. The van der Waals surface area contributed by atoms with Crippen molar-refractivity contribution in [1.29, 1.82) is 0 Å². The minimum absolute atomic E-state index is 0.0214. The SMILES string of the molecule is Cc1ccc2c(c1)N(CC(=O)N(CC(=O)NC1CCCC1)Cc1cccs1)C(=O)CO2. The number of ether oxygens (including phenoxy) is 1. The van der Waals surface area contributed by atoms with Crippen LogP contribution in [0.15, 0.2) is 35.7 Å². The molecule has 0 unspecified atom stereocenters. The first-order chi connectivity index (χ1) is 15.0. The molecule has 1 aromatic heterocycles. The fourth-order valence-corrected chi connectivity index (χ4v) is 4.78. The smallest absolute Gasteiger partial charge is 0.265 e. The molecule has 0 saturated heterocycles. The van der Waals surface area contributed by atoms with Crippen LogP contribution in [0, 0.1) is 6.92 Å². The topological polar surface area (TPSA) is 79.0 Å². The summed E-state index contributed by atoms with van der Waals surface area (Å²) in [6.45, 7) is 2.02. The highest BCUT2D eigenvalue weighted by Gasteiger charge is 2.30. The molecule has 1 N–H and O–H groups in total. The Morgan fingerprint density at radius 3 is 2.81 bits per heavy atom. The van der Waals surface area contributed by atoms with E-state index in [-0.39, 0.29) is 43.5 Å². The van der Waals surface area contributed by atoms with Gasteiger partial charge in [-0.2, -0.15) is 0 Å². The summed E-state index contributed by atoms with van der Waals surface area (Å²) in [5.74, 6) is -0.0984. The summed E-state index contributed by atoms with van der Waals surface area (Å²) in [4.78, 5) is 42.4. The molecule has 31 heavy (non-hydrogen) atoms. The Morgan fingerprint density at radius 1 is 1.26 bits per heavy atom. The van der Waals surface area contributed by atoms with E-state index in [2.05, 4.69) is 5.32 Å². The number of carbonyl (C=O) groups is 3. The zero-order chi connectivity index (χ0) is 21.8. The minimum Gasteiger partial charge on any atom is -0.482 e. The Morgan fingerprint density at radius 2 is 2.06 bits per heavy atom. The number of nitrogens with one attached hydrogen (secondary N) is 1. The number of carbonyl (C=O) groups excluding carboxylic acids is 3. The highest BCUT2D eigenvalue weighted by atomic mass is 32.1. The molecule has 1 fully saturated rings. The van der Waals surface area contributed by atoms with Crippen molar-refractivity contribution in [3.8, 4) is 5.75 Å². The molecular formula is C23H27N3O4S. The molecule has 0 atom stereocenters. The third kappa shape index (κ3) is 5.25. The summed E-state index contributed by atoms with van der Waals surface area (Å²) in [6.07, 6.45) is 4.23. The molecule has 2 aromatic rings. The zero-order valence-electron chi connectivity index (χ0n) is 17.6.